The molecule has 1 amide bonds. The van der Waals surface area contributed by atoms with E-state index in [-0.39, 0.29) is 23.9 Å². The smallest absolute Gasteiger partial charge is 0.369 e. The van der Waals surface area contributed by atoms with Crippen LogP contribution in [0.4, 0.5) is 26.3 Å². The van der Waals surface area contributed by atoms with Gasteiger partial charge < -0.3 is 10.3 Å². The topological polar surface area (TPSA) is 69.1 Å². The maximum Gasteiger partial charge on any atom is 0.417 e. The third kappa shape index (κ3) is 3.94. The maximum absolute atomic E-state index is 13.2. The van der Waals surface area contributed by atoms with Crippen LogP contribution in [0, 0.1) is 0 Å². The number of hydrogen-bond donors (Lipinski definition) is 1. The number of primary amides is 1. The number of halogens is 6. The van der Waals surface area contributed by atoms with Crippen LogP contribution in [0.3, 0.4) is 0 Å². The normalized spacial score (nSPS) is 13.7. The minimum absolute atomic E-state index is 0.00900. The second kappa shape index (κ2) is 6.41. The van der Waals surface area contributed by atoms with Gasteiger partial charge in [-0.15, -0.1) is 0 Å². The molecular weight excluding hydrogens is 354 g/mol. The molecule has 4 nitrogen and oxygen atoms in total. The average molecular weight is 366 g/mol. The van der Waals surface area contributed by atoms with E-state index < -0.39 is 40.9 Å². The van der Waals surface area contributed by atoms with Gasteiger partial charge >= 0.3 is 12.4 Å². The molecule has 0 aliphatic carbocycles. The van der Waals surface area contributed by atoms with Crippen molar-refractivity contribution in [3.8, 4) is 11.3 Å². The maximum atomic E-state index is 13.2. The van der Waals surface area contributed by atoms with Gasteiger partial charge in [0.15, 0.2) is 0 Å². The minimum atomic E-state index is -5.04. The molecule has 0 saturated carbocycles. The van der Waals surface area contributed by atoms with E-state index >= 15 is 0 Å². The van der Waals surface area contributed by atoms with Gasteiger partial charge in [0.05, 0.1) is 17.0 Å². The molecule has 0 radical (unpaired) electrons. The Morgan fingerprint density at radius 3 is 2.28 bits per heavy atom. The van der Waals surface area contributed by atoms with Gasteiger partial charge in [-0.05, 0) is 18.6 Å². The van der Waals surface area contributed by atoms with Gasteiger partial charge in [0, 0.05) is 11.6 Å². The molecule has 1 aromatic heterocycles. The number of nitrogens with zero attached hydrogens (tertiary/aromatic N) is 1. The van der Waals surface area contributed by atoms with Gasteiger partial charge in [-0.3, -0.25) is 4.79 Å². The quantitative estimate of drug-likeness (QED) is 0.818. The van der Waals surface area contributed by atoms with E-state index in [9.17, 15) is 31.1 Å². The number of carbonyl (C=O) groups excluding carboxylic acids is 1. The lowest BCUT2D eigenvalue weighted by Gasteiger charge is -2.14. The molecule has 1 aromatic carbocycles. The lowest BCUT2D eigenvalue weighted by molar-refractivity contribution is -0.142. The third-order valence-corrected chi connectivity index (χ3v) is 3.55. The van der Waals surface area contributed by atoms with Crippen molar-refractivity contribution < 1.29 is 35.7 Å². The summed E-state index contributed by atoms with van der Waals surface area (Å²) in [7, 11) is 0. The van der Waals surface area contributed by atoms with Crippen molar-refractivity contribution in [3.05, 3.63) is 41.2 Å². The monoisotopic (exact) mass is 366 g/mol. The van der Waals surface area contributed by atoms with Crippen LogP contribution in [0.15, 0.2) is 28.8 Å². The number of benzene rings is 1. The molecule has 2 aromatic rings. The largest absolute Gasteiger partial charge is 0.417 e. The van der Waals surface area contributed by atoms with E-state index in [2.05, 4.69) is 5.16 Å². The van der Waals surface area contributed by atoms with Crippen molar-refractivity contribution >= 4 is 5.91 Å². The van der Waals surface area contributed by atoms with Crippen molar-refractivity contribution in [2.24, 2.45) is 5.73 Å². The van der Waals surface area contributed by atoms with Crippen LogP contribution in [0.2, 0.25) is 0 Å². The van der Waals surface area contributed by atoms with Crippen LogP contribution in [0.5, 0.6) is 0 Å². The number of nitrogens with two attached hydrogens (primary N) is 1. The van der Waals surface area contributed by atoms with E-state index in [1.165, 1.54) is 0 Å². The van der Waals surface area contributed by atoms with E-state index in [4.69, 9.17) is 10.3 Å². The highest BCUT2D eigenvalue weighted by atomic mass is 19.4. The highest BCUT2D eigenvalue weighted by molar-refractivity contribution is 5.81. The summed E-state index contributed by atoms with van der Waals surface area (Å²) in [6.45, 7) is 1.61. The van der Waals surface area contributed by atoms with Crippen molar-refractivity contribution in [1.29, 1.82) is 0 Å². The fourth-order valence-electron chi connectivity index (χ4n) is 2.30. The zero-order chi connectivity index (χ0) is 19.0. The average Bonchev–Trinajstić information content (AvgIpc) is 2.94. The van der Waals surface area contributed by atoms with Crippen LogP contribution >= 0.6 is 0 Å². The molecule has 2 rings (SSSR count). The number of alkyl halides is 6. The summed E-state index contributed by atoms with van der Waals surface area (Å²) in [5.41, 5.74) is 1.30. The molecule has 25 heavy (non-hydrogen) atoms. The van der Waals surface area contributed by atoms with E-state index in [0.29, 0.717) is 12.1 Å². The zero-order valence-corrected chi connectivity index (χ0v) is 12.7. The van der Waals surface area contributed by atoms with Gasteiger partial charge in [-0.1, -0.05) is 18.1 Å². The molecule has 0 fully saturated rings. The molecule has 0 aliphatic heterocycles. The first-order valence-electron chi connectivity index (χ1n) is 7.00. The van der Waals surface area contributed by atoms with E-state index in [1.807, 2.05) is 0 Å². The van der Waals surface area contributed by atoms with Crippen molar-refractivity contribution in [2.45, 2.75) is 31.6 Å². The summed E-state index contributed by atoms with van der Waals surface area (Å²) in [5, 5.41) is 3.44. The Labute approximate surface area is 137 Å². The highest BCUT2D eigenvalue weighted by Gasteiger charge is 2.39. The summed E-state index contributed by atoms with van der Waals surface area (Å²) in [6.07, 6.45) is -9.74. The molecular formula is C15H12F6N2O2. The first-order valence-corrected chi connectivity index (χ1v) is 7.00. The van der Waals surface area contributed by atoms with Crippen LogP contribution < -0.4 is 5.73 Å². The molecule has 0 saturated heterocycles. The van der Waals surface area contributed by atoms with E-state index in [0.717, 1.165) is 6.07 Å². The van der Waals surface area contributed by atoms with Crippen molar-refractivity contribution in [1.82, 2.24) is 5.16 Å². The molecule has 0 bridgehead atoms. The summed E-state index contributed by atoms with van der Waals surface area (Å²) >= 11 is 0. The van der Waals surface area contributed by atoms with Gasteiger partial charge in [0.2, 0.25) is 5.91 Å². The summed E-state index contributed by atoms with van der Waals surface area (Å²) in [6, 6.07) is 2.26. The van der Waals surface area contributed by atoms with Gasteiger partial charge in [0.25, 0.3) is 0 Å². The molecule has 1 heterocycles. The second-order valence-corrected chi connectivity index (χ2v) is 5.23. The van der Waals surface area contributed by atoms with Gasteiger partial charge in [-0.25, -0.2) is 0 Å². The Kier molecular flexibility index (Phi) is 4.83. The number of hydrogen-bond acceptors (Lipinski definition) is 3. The Hall–Kier alpha value is -2.52. The Morgan fingerprint density at radius 2 is 1.80 bits per heavy atom. The molecule has 136 valence electrons. The standard InChI is InChI=1S/C15H12F6N2O2/c1-2-8(13(22)24)12-6-11(23-25-12)9-4-3-7(14(16,17)18)5-10(9)15(19,20)21/h3-6,8H,2H2,1H3,(H2,22,24). The SMILES string of the molecule is CCC(C(N)=O)c1cc(-c2ccc(C(F)(F)F)cc2C(F)(F)F)no1. The van der Waals surface area contributed by atoms with Gasteiger partial charge in [0.1, 0.15) is 11.5 Å². The Bertz CT molecular complexity index is 779. The molecule has 1 atom stereocenters. The summed E-state index contributed by atoms with van der Waals surface area (Å²) in [4.78, 5) is 11.3. The molecule has 1 unspecified atom stereocenters. The summed E-state index contributed by atoms with van der Waals surface area (Å²) in [5.74, 6) is -1.71. The highest BCUT2D eigenvalue weighted by Crippen LogP contribution is 2.41. The van der Waals surface area contributed by atoms with Crippen LogP contribution in [0.25, 0.3) is 11.3 Å². The lowest BCUT2D eigenvalue weighted by atomic mass is 9.98. The third-order valence-electron chi connectivity index (χ3n) is 3.55. The summed E-state index contributed by atoms with van der Waals surface area (Å²) < 4.78 is 82.4. The Morgan fingerprint density at radius 1 is 1.16 bits per heavy atom. The molecule has 10 heteroatoms. The fraction of sp³-hybridized carbons (Fsp3) is 0.333. The molecule has 0 aliphatic rings. The number of carbonyl (C=O) groups is 1. The van der Waals surface area contributed by atoms with Crippen LogP contribution in [-0.4, -0.2) is 11.1 Å². The minimum Gasteiger partial charge on any atom is -0.369 e. The van der Waals surface area contributed by atoms with Crippen LogP contribution in [0.1, 0.15) is 36.1 Å². The van der Waals surface area contributed by atoms with Crippen molar-refractivity contribution in [3.63, 3.8) is 0 Å². The van der Waals surface area contributed by atoms with E-state index in [1.54, 1.807) is 6.92 Å². The zero-order valence-electron chi connectivity index (χ0n) is 12.7. The fourth-order valence-corrected chi connectivity index (χ4v) is 2.30. The first-order chi connectivity index (χ1) is 11.4. The molecule has 0 spiro atoms. The Balaban J connectivity index is 2.56. The van der Waals surface area contributed by atoms with Crippen molar-refractivity contribution in [2.75, 3.05) is 0 Å². The second-order valence-electron chi connectivity index (χ2n) is 5.23. The predicted molar refractivity (Wildman–Crippen MR) is 74.2 cm³/mol. The predicted octanol–water partition coefficient (Wildman–Crippen LogP) is 4.36. The molecule has 2 N–H and O–H groups in total. The number of rotatable bonds is 4. The van der Waals surface area contributed by atoms with Crippen LogP contribution in [-0.2, 0) is 17.1 Å². The number of aromatic nitrogens is 1. The first kappa shape index (κ1) is 18.8. The number of amides is 1. The van der Waals surface area contributed by atoms with Gasteiger partial charge in [-0.2, -0.15) is 26.3 Å². The lowest BCUT2D eigenvalue weighted by Crippen LogP contribution is -2.20.